The minimum Gasteiger partial charge on any atom is -0.351 e. The first-order valence-corrected chi connectivity index (χ1v) is 10.8. The summed E-state index contributed by atoms with van der Waals surface area (Å²) in [6.45, 7) is 1.16. The molecule has 0 bridgehead atoms. The van der Waals surface area contributed by atoms with Gasteiger partial charge in [-0.2, -0.15) is 0 Å². The van der Waals surface area contributed by atoms with E-state index in [9.17, 15) is 13.2 Å². The van der Waals surface area contributed by atoms with Crippen molar-refractivity contribution in [3.63, 3.8) is 0 Å². The number of nitrogens with one attached hydrogen (secondary N) is 1. The topological polar surface area (TPSA) is 66.5 Å². The molecule has 0 aliphatic heterocycles. The van der Waals surface area contributed by atoms with Gasteiger partial charge in [-0.15, -0.1) is 0 Å². The van der Waals surface area contributed by atoms with Crippen molar-refractivity contribution in [2.75, 3.05) is 19.8 Å². The molecule has 140 valence electrons. The zero-order chi connectivity index (χ0) is 19.2. The number of hydrogen-bond acceptors (Lipinski definition) is 4. The lowest BCUT2D eigenvalue weighted by Gasteiger charge is -2.10. The van der Waals surface area contributed by atoms with Gasteiger partial charge in [0, 0.05) is 17.6 Å². The molecule has 0 saturated heterocycles. The molecular formula is C19H23BrN2O3S. The molecule has 5 nitrogen and oxygen atoms in total. The first kappa shape index (κ1) is 20.6. The average molecular weight is 439 g/mol. The Bertz CT molecular complexity index is 849. The van der Waals surface area contributed by atoms with Crippen LogP contribution in [0.5, 0.6) is 0 Å². The third-order valence-electron chi connectivity index (χ3n) is 3.64. The molecule has 2 aromatic rings. The van der Waals surface area contributed by atoms with Crippen molar-refractivity contribution in [1.29, 1.82) is 0 Å². The van der Waals surface area contributed by atoms with E-state index in [0.717, 1.165) is 16.6 Å². The van der Waals surface area contributed by atoms with Gasteiger partial charge in [0.2, 0.25) is 5.91 Å². The Labute approximate surface area is 163 Å². The largest absolute Gasteiger partial charge is 0.351 e. The lowest BCUT2D eigenvalue weighted by Crippen LogP contribution is -2.30. The molecule has 26 heavy (non-hydrogen) atoms. The summed E-state index contributed by atoms with van der Waals surface area (Å²) in [7, 11) is 0.492. The van der Waals surface area contributed by atoms with Gasteiger partial charge in [0.25, 0.3) is 0 Å². The highest BCUT2D eigenvalue weighted by Crippen LogP contribution is 2.14. The molecule has 0 atom stereocenters. The lowest BCUT2D eigenvalue weighted by molar-refractivity contribution is -0.118. The quantitative estimate of drug-likeness (QED) is 0.687. The van der Waals surface area contributed by atoms with Crippen LogP contribution in [0.3, 0.4) is 0 Å². The fraction of sp³-hybridized carbons (Fsp3) is 0.316. The van der Waals surface area contributed by atoms with Crippen LogP contribution in [-0.2, 0) is 33.5 Å². The third-order valence-corrected chi connectivity index (χ3v) is 5.61. The standard InChI is InChI=1S/C19H23BrN2O3S/c1-22(2)12-16-8-6-15(7-9-16)11-21-19(23)14-26(24,25)13-17-4-3-5-18(20)10-17/h3-10H,11-14H2,1-2H3,(H,21,23). The Balaban J connectivity index is 1.85. The molecule has 0 unspecified atom stereocenters. The minimum atomic E-state index is -3.51. The first-order valence-electron chi connectivity index (χ1n) is 8.17. The van der Waals surface area contributed by atoms with Gasteiger partial charge in [-0.05, 0) is 42.9 Å². The predicted octanol–water partition coefficient (Wildman–Crippen LogP) is 2.74. The number of hydrogen-bond donors (Lipinski definition) is 1. The van der Waals surface area contributed by atoms with Crippen LogP contribution in [0.4, 0.5) is 0 Å². The van der Waals surface area contributed by atoms with E-state index in [1.165, 1.54) is 5.56 Å². The Kier molecular flexibility index (Phi) is 7.37. The van der Waals surface area contributed by atoms with E-state index in [4.69, 9.17) is 0 Å². The molecule has 0 aliphatic rings. The normalized spacial score (nSPS) is 11.5. The highest BCUT2D eigenvalue weighted by molar-refractivity contribution is 9.10. The summed E-state index contributed by atoms with van der Waals surface area (Å²) in [5, 5.41) is 2.67. The highest BCUT2D eigenvalue weighted by atomic mass is 79.9. The molecule has 0 radical (unpaired) electrons. The van der Waals surface area contributed by atoms with Gasteiger partial charge in [-0.1, -0.05) is 52.3 Å². The van der Waals surface area contributed by atoms with Crippen LogP contribution in [0.15, 0.2) is 53.0 Å². The van der Waals surface area contributed by atoms with E-state index in [1.807, 2.05) is 44.4 Å². The van der Waals surface area contributed by atoms with E-state index >= 15 is 0 Å². The maximum Gasteiger partial charge on any atom is 0.235 e. The van der Waals surface area contributed by atoms with E-state index < -0.39 is 21.5 Å². The number of sulfone groups is 1. The molecule has 7 heteroatoms. The molecule has 0 heterocycles. The number of amides is 1. The molecule has 1 amide bonds. The van der Waals surface area contributed by atoms with E-state index in [1.54, 1.807) is 18.2 Å². The molecule has 2 aromatic carbocycles. The zero-order valence-electron chi connectivity index (χ0n) is 14.9. The number of nitrogens with zero attached hydrogens (tertiary/aromatic N) is 1. The second kappa shape index (κ2) is 9.30. The molecular weight excluding hydrogens is 416 g/mol. The van der Waals surface area contributed by atoms with Crippen molar-refractivity contribution in [3.05, 3.63) is 69.7 Å². The van der Waals surface area contributed by atoms with Crippen molar-refractivity contribution in [1.82, 2.24) is 10.2 Å². The fourth-order valence-electron chi connectivity index (χ4n) is 2.51. The fourth-order valence-corrected chi connectivity index (χ4v) is 4.25. The predicted molar refractivity (Wildman–Crippen MR) is 107 cm³/mol. The molecule has 0 spiro atoms. The van der Waals surface area contributed by atoms with Gasteiger partial charge in [0.15, 0.2) is 9.84 Å². The van der Waals surface area contributed by atoms with Crippen molar-refractivity contribution in [2.24, 2.45) is 0 Å². The summed E-state index contributed by atoms with van der Waals surface area (Å²) in [6, 6.07) is 15.0. The summed E-state index contributed by atoms with van der Waals surface area (Å²) >= 11 is 3.31. The Morgan fingerprint density at radius 1 is 1.04 bits per heavy atom. The van der Waals surface area contributed by atoms with Crippen molar-refractivity contribution in [3.8, 4) is 0 Å². The maximum atomic E-state index is 12.2. The number of rotatable bonds is 8. The van der Waals surface area contributed by atoms with Crippen molar-refractivity contribution < 1.29 is 13.2 Å². The number of benzene rings is 2. The van der Waals surface area contributed by atoms with Crippen LogP contribution in [0, 0.1) is 0 Å². The molecule has 2 rings (SSSR count). The van der Waals surface area contributed by atoms with Crippen LogP contribution in [0.1, 0.15) is 16.7 Å². The van der Waals surface area contributed by atoms with Crippen LogP contribution in [0.2, 0.25) is 0 Å². The van der Waals surface area contributed by atoms with Gasteiger partial charge >= 0.3 is 0 Å². The van der Waals surface area contributed by atoms with Crippen LogP contribution < -0.4 is 5.32 Å². The smallest absolute Gasteiger partial charge is 0.235 e. The van der Waals surface area contributed by atoms with Crippen molar-refractivity contribution >= 4 is 31.7 Å². The third kappa shape index (κ3) is 7.27. The second-order valence-electron chi connectivity index (χ2n) is 6.49. The lowest BCUT2D eigenvalue weighted by atomic mass is 10.1. The van der Waals surface area contributed by atoms with E-state index in [2.05, 4.69) is 26.1 Å². The Morgan fingerprint density at radius 3 is 2.31 bits per heavy atom. The molecule has 0 saturated carbocycles. The van der Waals surface area contributed by atoms with E-state index in [0.29, 0.717) is 12.1 Å². The SMILES string of the molecule is CN(C)Cc1ccc(CNC(=O)CS(=O)(=O)Cc2cccc(Br)c2)cc1. The summed E-state index contributed by atoms with van der Waals surface area (Å²) in [5.41, 5.74) is 2.77. The number of carbonyl (C=O) groups excluding carboxylic acids is 1. The van der Waals surface area contributed by atoms with Gasteiger partial charge < -0.3 is 10.2 Å². The van der Waals surface area contributed by atoms with Crippen LogP contribution in [0.25, 0.3) is 0 Å². The zero-order valence-corrected chi connectivity index (χ0v) is 17.3. The average Bonchev–Trinajstić information content (AvgIpc) is 2.52. The van der Waals surface area contributed by atoms with Crippen LogP contribution >= 0.6 is 15.9 Å². The number of halogens is 1. The Morgan fingerprint density at radius 2 is 1.69 bits per heavy atom. The molecule has 0 aromatic heterocycles. The minimum absolute atomic E-state index is 0.154. The van der Waals surface area contributed by atoms with Gasteiger partial charge in [0.1, 0.15) is 5.75 Å². The first-order chi connectivity index (χ1) is 12.2. The second-order valence-corrected chi connectivity index (χ2v) is 9.47. The summed E-state index contributed by atoms with van der Waals surface area (Å²) < 4.78 is 25.2. The maximum absolute atomic E-state index is 12.2. The van der Waals surface area contributed by atoms with Gasteiger partial charge in [0.05, 0.1) is 5.75 Å². The Hall–Kier alpha value is -1.70. The molecule has 0 fully saturated rings. The summed E-state index contributed by atoms with van der Waals surface area (Å²) in [4.78, 5) is 14.1. The number of carbonyl (C=O) groups is 1. The monoisotopic (exact) mass is 438 g/mol. The van der Waals surface area contributed by atoms with Gasteiger partial charge in [-0.3, -0.25) is 4.79 Å². The summed E-state index contributed by atoms with van der Waals surface area (Å²) in [5.74, 6) is -1.16. The summed E-state index contributed by atoms with van der Waals surface area (Å²) in [6.07, 6.45) is 0. The molecule has 0 aliphatic carbocycles. The molecule has 1 N–H and O–H groups in total. The van der Waals surface area contributed by atoms with Crippen molar-refractivity contribution in [2.45, 2.75) is 18.8 Å². The van der Waals surface area contributed by atoms with Gasteiger partial charge in [-0.25, -0.2) is 8.42 Å². The van der Waals surface area contributed by atoms with Crippen LogP contribution in [-0.4, -0.2) is 39.1 Å². The van der Waals surface area contributed by atoms with E-state index in [-0.39, 0.29) is 5.75 Å². The highest BCUT2D eigenvalue weighted by Gasteiger charge is 2.17.